The van der Waals surface area contributed by atoms with Crippen LogP contribution in [-0.2, 0) is 6.54 Å². The Kier molecular flexibility index (Phi) is 5.57. The molecule has 0 unspecified atom stereocenters. The van der Waals surface area contributed by atoms with Crippen molar-refractivity contribution >= 4 is 40.1 Å². The van der Waals surface area contributed by atoms with Gasteiger partial charge >= 0.3 is 5.97 Å². The highest BCUT2D eigenvalue weighted by Gasteiger charge is 2.18. The summed E-state index contributed by atoms with van der Waals surface area (Å²) in [5, 5.41) is 5.16. The minimum atomic E-state index is -0.683. The lowest BCUT2D eigenvalue weighted by atomic mass is 10.2. The average molecular weight is 446 g/mol. The number of carbonyl (C=O) groups is 1. The SMILES string of the molecule is COc1ccc2c(c1)c(OC(=O)c1cc(Cl)nc(Cl)c1)nn2Cc1ccc(F)cc1. The van der Waals surface area contributed by atoms with E-state index in [0.717, 1.165) is 5.56 Å². The Morgan fingerprint density at radius 2 is 1.77 bits per heavy atom. The minimum Gasteiger partial charge on any atom is -0.497 e. The number of aromatic nitrogens is 3. The van der Waals surface area contributed by atoms with E-state index < -0.39 is 5.97 Å². The van der Waals surface area contributed by atoms with Crippen molar-refractivity contribution in [1.29, 1.82) is 0 Å². The van der Waals surface area contributed by atoms with E-state index in [0.29, 0.717) is 23.2 Å². The molecule has 0 saturated carbocycles. The second-order valence-corrected chi connectivity index (χ2v) is 7.14. The Morgan fingerprint density at radius 1 is 1.07 bits per heavy atom. The monoisotopic (exact) mass is 445 g/mol. The van der Waals surface area contributed by atoms with Crippen LogP contribution in [0, 0.1) is 5.82 Å². The van der Waals surface area contributed by atoms with Crippen LogP contribution in [0.25, 0.3) is 10.9 Å². The number of esters is 1. The van der Waals surface area contributed by atoms with Gasteiger partial charge in [-0.2, -0.15) is 0 Å². The summed E-state index contributed by atoms with van der Waals surface area (Å²) in [6.45, 7) is 0.355. The van der Waals surface area contributed by atoms with Gasteiger partial charge in [0, 0.05) is 0 Å². The highest BCUT2D eigenvalue weighted by atomic mass is 35.5. The molecule has 0 bridgehead atoms. The molecule has 4 aromatic rings. The van der Waals surface area contributed by atoms with Gasteiger partial charge in [0.05, 0.1) is 30.1 Å². The number of benzene rings is 2. The lowest BCUT2D eigenvalue weighted by molar-refractivity contribution is 0.0728. The normalized spacial score (nSPS) is 10.9. The zero-order chi connectivity index (χ0) is 21.3. The van der Waals surface area contributed by atoms with Gasteiger partial charge in [-0.15, -0.1) is 5.10 Å². The Morgan fingerprint density at radius 3 is 2.43 bits per heavy atom. The number of hydrogen-bond acceptors (Lipinski definition) is 5. The molecular formula is C21H14Cl2FN3O3. The maximum atomic E-state index is 13.2. The molecule has 0 aliphatic heterocycles. The number of rotatable bonds is 5. The van der Waals surface area contributed by atoms with Crippen LogP contribution in [0.1, 0.15) is 15.9 Å². The van der Waals surface area contributed by atoms with E-state index in [2.05, 4.69) is 10.1 Å². The predicted octanol–water partition coefficient (Wildman–Crippen LogP) is 5.15. The van der Waals surface area contributed by atoms with Crippen LogP contribution in [0.2, 0.25) is 10.3 Å². The van der Waals surface area contributed by atoms with E-state index in [1.807, 2.05) is 6.07 Å². The molecule has 2 aromatic heterocycles. The van der Waals surface area contributed by atoms with Crippen LogP contribution in [-0.4, -0.2) is 27.8 Å². The van der Waals surface area contributed by atoms with Crippen molar-refractivity contribution in [2.24, 2.45) is 0 Å². The van der Waals surface area contributed by atoms with Crippen molar-refractivity contribution in [2.75, 3.05) is 7.11 Å². The summed E-state index contributed by atoms with van der Waals surface area (Å²) in [7, 11) is 1.54. The number of pyridine rings is 1. The van der Waals surface area contributed by atoms with Gasteiger partial charge < -0.3 is 9.47 Å². The summed E-state index contributed by atoms with van der Waals surface area (Å²) < 4.78 is 25.7. The molecule has 0 spiro atoms. The van der Waals surface area contributed by atoms with Crippen LogP contribution in [0.3, 0.4) is 0 Å². The maximum absolute atomic E-state index is 13.2. The van der Waals surface area contributed by atoms with Crippen molar-refractivity contribution in [3.05, 3.63) is 81.8 Å². The molecule has 0 aliphatic rings. The maximum Gasteiger partial charge on any atom is 0.345 e. The molecule has 0 saturated heterocycles. The van der Waals surface area contributed by atoms with Crippen molar-refractivity contribution in [2.45, 2.75) is 6.54 Å². The second kappa shape index (κ2) is 8.30. The van der Waals surface area contributed by atoms with Gasteiger partial charge in [0.2, 0.25) is 5.88 Å². The molecule has 30 heavy (non-hydrogen) atoms. The summed E-state index contributed by atoms with van der Waals surface area (Å²) in [5.41, 5.74) is 1.69. The zero-order valence-corrected chi connectivity index (χ0v) is 17.1. The first kappa shape index (κ1) is 20.1. The summed E-state index contributed by atoms with van der Waals surface area (Å²) in [6.07, 6.45) is 0. The Bertz CT molecular complexity index is 1220. The number of ether oxygens (including phenoxy) is 2. The molecule has 6 nitrogen and oxygen atoms in total. The van der Waals surface area contributed by atoms with E-state index in [1.165, 1.54) is 31.4 Å². The first-order valence-electron chi connectivity index (χ1n) is 8.77. The van der Waals surface area contributed by atoms with Gasteiger partial charge in [0.25, 0.3) is 0 Å². The van der Waals surface area contributed by atoms with Crippen LogP contribution in [0.4, 0.5) is 4.39 Å². The third-order valence-electron chi connectivity index (χ3n) is 4.36. The van der Waals surface area contributed by atoms with E-state index in [-0.39, 0.29) is 27.6 Å². The van der Waals surface area contributed by atoms with Crippen LogP contribution >= 0.6 is 23.2 Å². The molecule has 0 radical (unpaired) electrons. The lowest BCUT2D eigenvalue weighted by Gasteiger charge is -2.04. The Labute approximate surface area is 180 Å². The fraction of sp³-hybridized carbons (Fsp3) is 0.0952. The van der Waals surface area contributed by atoms with Crippen LogP contribution in [0.5, 0.6) is 11.6 Å². The Hall–Kier alpha value is -3.16. The second-order valence-electron chi connectivity index (χ2n) is 6.36. The number of hydrogen-bond donors (Lipinski definition) is 0. The van der Waals surface area contributed by atoms with E-state index in [1.54, 1.807) is 28.9 Å². The number of carbonyl (C=O) groups excluding carboxylic acids is 1. The highest BCUT2D eigenvalue weighted by Crippen LogP contribution is 2.30. The largest absolute Gasteiger partial charge is 0.497 e. The van der Waals surface area contributed by atoms with Gasteiger partial charge in [-0.1, -0.05) is 35.3 Å². The molecule has 4 rings (SSSR count). The molecule has 152 valence electrons. The molecule has 0 N–H and O–H groups in total. The zero-order valence-electron chi connectivity index (χ0n) is 15.6. The molecular weight excluding hydrogens is 432 g/mol. The van der Waals surface area contributed by atoms with Gasteiger partial charge in [-0.3, -0.25) is 4.68 Å². The predicted molar refractivity (Wildman–Crippen MR) is 111 cm³/mol. The molecule has 0 fully saturated rings. The van der Waals surface area contributed by atoms with Crippen molar-refractivity contribution in [3.8, 4) is 11.6 Å². The first-order valence-corrected chi connectivity index (χ1v) is 9.53. The molecule has 2 heterocycles. The van der Waals surface area contributed by atoms with E-state index >= 15 is 0 Å². The quantitative estimate of drug-likeness (QED) is 0.313. The molecule has 2 aromatic carbocycles. The molecule has 9 heteroatoms. The van der Waals surface area contributed by atoms with Crippen molar-refractivity contribution < 1.29 is 18.7 Å². The van der Waals surface area contributed by atoms with Crippen LogP contribution < -0.4 is 9.47 Å². The smallest absolute Gasteiger partial charge is 0.345 e. The van der Waals surface area contributed by atoms with E-state index in [4.69, 9.17) is 32.7 Å². The fourth-order valence-corrected chi connectivity index (χ4v) is 3.40. The first-order chi connectivity index (χ1) is 14.4. The highest BCUT2D eigenvalue weighted by molar-refractivity contribution is 6.33. The third kappa shape index (κ3) is 4.22. The topological polar surface area (TPSA) is 66.2 Å². The van der Waals surface area contributed by atoms with Crippen LogP contribution in [0.15, 0.2) is 54.6 Å². The van der Waals surface area contributed by atoms with Gasteiger partial charge in [0.1, 0.15) is 21.9 Å². The molecule has 0 atom stereocenters. The minimum absolute atomic E-state index is 0.0721. The van der Waals surface area contributed by atoms with E-state index in [9.17, 15) is 9.18 Å². The standard InChI is InChI=1S/C21H14Cl2FN3O3/c1-29-15-6-7-17-16(10-15)20(26-27(17)11-12-2-4-14(24)5-3-12)30-21(28)13-8-18(22)25-19(23)9-13/h2-10H,11H2,1H3. The summed E-state index contributed by atoms with van der Waals surface area (Å²) >= 11 is 11.7. The fourth-order valence-electron chi connectivity index (χ4n) is 2.94. The summed E-state index contributed by atoms with van der Waals surface area (Å²) in [6, 6.07) is 14.1. The number of fused-ring (bicyclic) bond motifs is 1. The summed E-state index contributed by atoms with van der Waals surface area (Å²) in [5.74, 6) is -0.327. The number of halogens is 3. The van der Waals surface area contributed by atoms with Crippen molar-refractivity contribution in [3.63, 3.8) is 0 Å². The third-order valence-corrected chi connectivity index (χ3v) is 4.74. The number of nitrogens with zero attached hydrogens (tertiary/aromatic N) is 3. The lowest BCUT2D eigenvalue weighted by Crippen LogP contribution is -2.10. The van der Waals surface area contributed by atoms with Crippen molar-refractivity contribution in [1.82, 2.24) is 14.8 Å². The molecule has 0 aliphatic carbocycles. The van der Waals surface area contributed by atoms with Gasteiger partial charge in [-0.25, -0.2) is 14.2 Å². The Balaban J connectivity index is 1.72. The summed E-state index contributed by atoms with van der Waals surface area (Å²) in [4.78, 5) is 16.4. The molecule has 0 amide bonds. The van der Waals surface area contributed by atoms with Gasteiger partial charge in [0.15, 0.2) is 0 Å². The number of methoxy groups -OCH3 is 1. The van der Waals surface area contributed by atoms with Gasteiger partial charge in [-0.05, 0) is 48.0 Å². The average Bonchev–Trinajstić information content (AvgIpc) is 3.05.